The van der Waals surface area contributed by atoms with E-state index in [1.807, 2.05) is 7.05 Å². The summed E-state index contributed by atoms with van der Waals surface area (Å²) in [6.45, 7) is 4.27. The van der Waals surface area contributed by atoms with Crippen LogP contribution in [0.1, 0.15) is 36.8 Å². The van der Waals surface area contributed by atoms with Gasteiger partial charge in [0.2, 0.25) is 0 Å². The Morgan fingerprint density at radius 2 is 1.88 bits per heavy atom. The van der Waals surface area contributed by atoms with Crippen molar-refractivity contribution >= 4 is 0 Å². The van der Waals surface area contributed by atoms with Gasteiger partial charge in [0.05, 0.1) is 0 Å². The summed E-state index contributed by atoms with van der Waals surface area (Å²) in [5.41, 5.74) is 2.63. The number of likely N-dealkylation sites (N-methyl/N-ethyl adjacent to an activating group) is 1. The van der Waals surface area contributed by atoms with Crippen molar-refractivity contribution in [3.8, 4) is 5.75 Å². The topological polar surface area (TPSA) is 21.3 Å². The second kappa shape index (κ2) is 5.54. The minimum atomic E-state index is 0.329. The molecule has 1 saturated carbocycles. The Morgan fingerprint density at radius 1 is 1.12 bits per heavy atom. The molecule has 1 aliphatic rings. The fourth-order valence-corrected chi connectivity index (χ4v) is 2.53. The van der Waals surface area contributed by atoms with Crippen molar-refractivity contribution in [2.24, 2.45) is 0 Å². The number of ether oxygens (including phenoxy) is 1. The second-order valence-corrected chi connectivity index (χ2v) is 5.08. The van der Waals surface area contributed by atoms with Gasteiger partial charge < -0.3 is 10.1 Å². The van der Waals surface area contributed by atoms with Gasteiger partial charge in [-0.2, -0.15) is 0 Å². The summed E-state index contributed by atoms with van der Waals surface area (Å²) in [7, 11) is 2.03. The Bertz CT molecular complexity index is 375. The van der Waals surface area contributed by atoms with Crippen molar-refractivity contribution in [1.29, 1.82) is 0 Å². The molecule has 94 valence electrons. The average molecular weight is 233 g/mol. The highest BCUT2D eigenvalue weighted by atomic mass is 16.5. The van der Waals surface area contributed by atoms with E-state index < -0.39 is 0 Å². The van der Waals surface area contributed by atoms with Crippen molar-refractivity contribution < 1.29 is 4.74 Å². The van der Waals surface area contributed by atoms with E-state index in [4.69, 9.17) is 4.74 Å². The third kappa shape index (κ3) is 3.01. The molecule has 1 aliphatic carbocycles. The smallest absolute Gasteiger partial charge is 0.120 e. The zero-order valence-corrected chi connectivity index (χ0v) is 11.1. The van der Waals surface area contributed by atoms with E-state index in [2.05, 4.69) is 37.4 Å². The first kappa shape index (κ1) is 12.4. The van der Waals surface area contributed by atoms with Gasteiger partial charge in [0.15, 0.2) is 0 Å². The highest BCUT2D eigenvalue weighted by Crippen LogP contribution is 2.25. The fraction of sp³-hybridized carbons (Fsp3) is 0.600. The van der Waals surface area contributed by atoms with Crippen molar-refractivity contribution in [2.75, 3.05) is 7.05 Å². The summed E-state index contributed by atoms with van der Waals surface area (Å²) in [6.07, 6.45) is 5.33. The number of benzene rings is 1. The van der Waals surface area contributed by atoms with E-state index in [1.54, 1.807) is 0 Å². The molecule has 1 fully saturated rings. The summed E-state index contributed by atoms with van der Waals surface area (Å²) in [6, 6.07) is 6.88. The van der Waals surface area contributed by atoms with Crippen molar-refractivity contribution in [1.82, 2.24) is 5.32 Å². The zero-order valence-electron chi connectivity index (χ0n) is 11.1. The molecule has 1 aromatic rings. The standard InChI is InChI=1S/C15H23NO/c1-11-8-9-13(10-12(11)2)17-15-7-5-4-6-14(15)16-3/h8-10,14-16H,4-7H2,1-3H3. The number of hydrogen-bond acceptors (Lipinski definition) is 2. The number of aryl methyl sites for hydroxylation is 2. The Morgan fingerprint density at radius 3 is 2.59 bits per heavy atom. The van der Waals surface area contributed by atoms with Crippen LogP contribution in [0.4, 0.5) is 0 Å². The van der Waals surface area contributed by atoms with Gasteiger partial charge in [-0.25, -0.2) is 0 Å². The highest BCUT2D eigenvalue weighted by molar-refractivity contribution is 5.34. The maximum Gasteiger partial charge on any atom is 0.120 e. The molecule has 2 rings (SSSR count). The number of hydrogen-bond donors (Lipinski definition) is 1. The first-order chi connectivity index (χ1) is 8.20. The van der Waals surface area contributed by atoms with Crippen LogP contribution in [0.2, 0.25) is 0 Å². The molecule has 0 saturated heterocycles. The van der Waals surface area contributed by atoms with E-state index in [-0.39, 0.29) is 0 Å². The molecular formula is C15H23NO. The van der Waals surface area contributed by atoms with Crippen LogP contribution >= 0.6 is 0 Å². The minimum Gasteiger partial charge on any atom is -0.489 e. The minimum absolute atomic E-state index is 0.329. The SMILES string of the molecule is CNC1CCCCC1Oc1ccc(C)c(C)c1. The molecule has 1 aromatic carbocycles. The molecular weight excluding hydrogens is 210 g/mol. The lowest BCUT2D eigenvalue weighted by Gasteiger charge is -2.31. The van der Waals surface area contributed by atoms with E-state index in [9.17, 15) is 0 Å². The highest BCUT2D eigenvalue weighted by Gasteiger charge is 2.25. The number of nitrogens with one attached hydrogen (secondary N) is 1. The zero-order chi connectivity index (χ0) is 12.3. The third-order valence-electron chi connectivity index (χ3n) is 3.84. The maximum absolute atomic E-state index is 6.13. The van der Waals surface area contributed by atoms with Gasteiger partial charge in [0.25, 0.3) is 0 Å². The van der Waals surface area contributed by atoms with Crippen LogP contribution in [0.25, 0.3) is 0 Å². The van der Waals surface area contributed by atoms with Crippen LogP contribution in [-0.4, -0.2) is 19.2 Å². The van der Waals surface area contributed by atoms with Gasteiger partial charge >= 0.3 is 0 Å². The second-order valence-electron chi connectivity index (χ2n) is 5.08. The number of rotatable bonds is 3. The lowest BCUT2D eigenvalue weighted by atomic mass is 9.92. The maximum atomic E-state index is 6.13. The quantitative estimate of drug-likeness (QED) is 0.865. The van der Waals surface area contributed by atoms with Crippen molar-refractivity contribution in [3.63, 3.8) is 0 Å². The predicted molar refractivity (Wildman–Crippen MR) is 71.6 cm³/mol. The summed E-state index contributed by atoms with van der Waals surface area (Å²) in [5.74, 6) is 1.01. The molecule has 0 spiro atoms. The first-order valence-electron chi connectivity index (χ1n) is 6.62. The first-order valence-corrected chi connectivity index (χ1v) is 6.62. The van der Waals surface area contributed by atoms with Gasteiger partial charge in [0.1, 0.15) is 11.9 Å². The summed E-state index contributed by atoms with van der Waals surface area (Å²) >= 11 is 0. The van der Waals surface area contributed by atoms with E-state index in [0.717, 1.165) is 5.75 Å². The molecule has 0 bridgehead atoms. The Balaban J connectivity index is 2.05. The molecule has 0 aliphatic heterocycles. The summed E-state index contributed by atoms with van der Waals surface area (Å²) in [5, 5.41) is 3.38. The normalized spacial score (nSPS) is 24.6. The van der Waals surface area contributed by atoms with Gasteiger partial charge in [-0.3, -0.25) is 0 Å². The lowest BCUT2D eigenvalue weighted by Crippen LogP contribution is -2.43. The van der Waals surface area contributed by atoms with Crippen LogP contribution in [-0.2, 0) is 0 Å². The fourth-order valence-electron chi connectivity index (χ4n) is 2.53. The van der Waals surface area contributed by atoms with Crippen molar-refractivity contribution in [2.45, 2.75) is 51.7 Å². The third-order valence-corrected chi connectivity index (χ3v) is 3.84. The van der Waals surface area contributed by atoms with Gasteiger partial charge in [0, 0.05) is 6.04 Å². The molecule has 0 aromatic heterocycles. The predicted octanol–water partition coefficient (Wildman–Crippen LogP) is 3.21. The summed E-state index contributed by atoms with van der Waals surface area (Å²) in [4.78, 5) is 0. The van der Waals surface area contributed by atoms with Crippen LogP contribution in [0.15, 0.2) is 18.2 Å². The van der Waals surface area contributed by atoms with Gasteiger partial charge in [-0.15, -0.1) is 0 Å². The largest absolute Gasteiger partial charge is 0.489 e. The Kier molecular flexibility index (Phi) is 4.06. The molecule has 2 nitrogen and oxygen atoms in total. The molecule has 2 heteroatoms. The van der Waals surface area contributed by atoms with Crippen LogP contribution in [0.3, 0.4) is 0 Å². The lowest BCUT2D eigenvalue weighted by molar-refractivity contribution is 0.118. The molecule has 0 amide bonds. The molecule has 2 unspecified atom stereocenters. The Labute approximate surface area is 104 Å². The van der Waals surface area contributed by atoms with Crippen LogP contribution in [0, 0.1) is 13.8 Å². The van der Waals surface area contributed by atoms with E-state index in [0.29, 0.717) is 12.1 Å². The monoisotopic (exact) mass is 233 g/mol. The molecule has 0 radical (unpaired) electrons. The van der Waals surface area contributed by atoms with Crippen LogP contribution in [0.5, 0.6) is 5.75 Å². The van der Waals surface area contributed by atoms with E-state index >= 15 is 0 Å². The molecule has 0 heterocycles. The Hall–Kier alpha value is -1.02. The van der Waals surface area contributed by atoms with E-state index in [1.165, 1.54) is 36.8 Å². The molecule has 17 heavy (non-hydrogen) atoms. The average Bonchev–Trinajstić information content (AvgIpc) is 2.34. The van der Waals surface area contributed by atoms with Gasteiger partial charge in [-0.05, 0) is 63.4 Å². The van der Waals surface area contributed by atoms with Gasteiger partial charge in [-0.1, -0.05) is 12.5 Å². The molecule has 2 atom stereocenters. The van der Waals surface area contributed by atoms with Crippen molar-refractivity contribution in [3.05, 3.63) is 29.3 Å². The molecule has 1 N–H and O–H groups in total. The summed E-state index contributed by atoms with van der Waals surface area (Å²) < 4.78 is 6.13. The van der Waals surface area contributed by atoms with Crippen LogP contribution < -0.4 is 10.1 Å².